The average Bonchev–Trinajstić information content (AvgIpc) is 2.64. The third-order valence-corrected chi connectivity index (χ3v) is 3.27. The molecular weight excluding hydrogens is 220 g/mol. The van der Waals surface area contributed by atoms with Crippen molar-refractivity contribution in [3.8, 4) is 0 Å². The molecule has 1 aliphatic heterocycles. The normalized spacial score (nSPS) is 19.1. The molecule has 1 unspecified atom stereocenters. The van der Waals surface area contributed by atoms with Gasteiger partial charge >= 0.3 is 5.97 Å². The van der Waals surface area contributed by atoms with E-state index in [4.69, 9.17) is 9.84 Å². The smallest absolute Gasteiger partial charge is 0.356 e. The number of methoxy groups -OCH3 is 1. The second kappa shape index (κ2) is 4.87. The lowest BCUT2D eigenvalue weighted by molar-refractivity contribution is 0.0688. The zero-order chi connectivity index (χ0) is 12.4. The largest absolute Gasteiger partial charge is 0.476 e. The van der Waals surface area contributed by atoms with E-state index in [1.165, 1.54) is 0 Å². The van der Waals surface area contributed by atoms with Gasteiger partial charge in [0.2, 0.25) is 0 Å². The summed E-state index contributed by atoms with van der Waals surface area (Å²) in [5.41, 5.74) is 1.10. The zero-order valence-electron chi connectivity index (χ0n) is 10.3. The van der Waals surface area contributed by atoms with E-state index in [9.17, 15) is 4.79 Å². The first kappa shape index (κ1) is 12.1. The fraction of sp³-hybridized carbons (Fsp3) is 0.667. The first-order valence-corrected chi connectivity index (χ1v) is 5.94. The van der Waals surface area contributed by atoms with Crippen molar-refractivity contribution in [2.24, 2.45) is 5.92 Å². The van der Waals surface area contributed by atoms with Crippen LogP contribution in [0.25, 0.3) is 0 Å². The minimum Gasteiger partial charge on any atom is -0.476 e. The summed E-state index contributed by atoms with van der Waals surface area (Å²) in [4.78, 5) is 15.4. The van der Waals surface area contributed by atoms with E-state index in [1.807, 2.05) is 0 Å². The van der Waals surface area contributed by atoms with Crippen LogP contribution in [0.15, 0.2) is 0 Å². The fourth-order valence-electron chi connectivity index (χ4n) is 2.35. The van der Waals surface area contributed by atoms with E-state index < -0.39 is 5.97 Å². The molecule has 1 aromatic heterocycles. The van der Waals surface area contributed by atoms with Crippen LogP contribution >= 0.6 is 0 Å². The molecule has 5 nitrogen and oxygen atoms in total. The van der Waals surface area contributed by atoms with Gasteiger partial charge in [0.25, 0.3) is 0 Å². The number of carboxylic acids is 1. The van der Waals surface area contributed by atoms with Gasteiger partial charge in [0.05, 0.1) is 12.3 Å². The molecule has 1 N–H and O–H groups in total. The van der Waals surface area contributed by atoms with E-state index in [0.29, 0.717) is 18.9 Å². The molecule has 0 radical (unpaired) electrons. The van der Waals surface area contributed by atoms with E-state index in [0.717, 1.165) is 30.9 Å². The van der Waals surface area contributed by atoms with Crippen molar-refractivity contribution < 1.29 is 14.6 Å². The Morgan fingerprint density at radius 1 is 1.65 bits per heavy atom. The summed E-state index contributed by atoms with van der Waals surface area (Å²) < 4.78 is 7.08. The summed E-state index contributed by atoms with van der Waals surface area (Å²) >= 11 is 0. The maximum atomic E-state index is 11.2. The molecule has 0 amide bonds. The van der Waals surface area contributed by atoms with Crippen LogP contribution in [-0.2, 0) is 24.1 Å². The Hall–Kier alpha value is -1.36. The Morgan fingerprint density at radius 3 is 3.06 bits per heavy atom. The first-order valence-electron chi connectivity index (χ1n) is 5.94. The van der Waals surface area contributed by atoms with Crippen LogP contribution in [0.5, 0.6) is 0 Å². The van der Waals surface area contributed by atoms with E-state index >= 15 is 0 Å². The molecule has 0 bridgehead atoms. The van der Waals surface area contributed by atoms with Crippen molar-refractivity contribution in [3.05, 3.63) is 17.2 Å². The molecule has 5 heteroatoms. The van der Waals surface area contributed by atoms with Crippen LogP contribution in [0.1, 0.15) is 35.4 Å². The van der Waals surface area contributed by atoms with Crippen molar-refractivity contribution in [1.29, 1.82) is 0 Å². The van der Waals surface area contributed by atoms with Crippen molar-refractivity contribution in [1.82, 2.24) is 9.55 Å². The summed E-state index contributed by atoms with van der Waals surface area (Å²) in [5, 5.41) is 9.16. The fourth-order valence-corrected chi connectivity index (χ4v) is 2.35. The number of aromatic carboxylic acids is 1. The van der Waals surface area contributed by atoms with Gasteiger partial charge < -0.3 is 14.4 Å². The molecule has 94 valence electrons. The van der Waals surface area contributed by atoms with Crippen LogP contribution < -0.4 is 0 Å². The van der Waals surface area contributed by atoms with Crippen molar-refractivity contribution in [2.45, 2.75) is 32.7 Å². The molecule has 17 heavy (non-hydrogen) atoms. The van der Waals surface area contributed by atoms with Gasteiger partial charge in [0, 0.05) is 20.1 Å². The van der Waals surface area contributed by atoms with Crippen molar-refractivity contribution in [3.63, 3.8) is 0 Å². The number of rotatable bonds is 4. The predicted octanol–water partition coefficient (Wildman–Crippen LogP) is 1.35. The summed E-state index contributed by atoms with van der Waals surface area (Å²) in [6.07, 6.45) is 2.56. The monoisotopic (exact) mass is 238 g/mol. The lowest BCUT2D eigenvalue weighted by Crippen LogP contribution is -2.20. The highest BCUT2D eigenvalue weighted by Gasteiger charge is 2.26. The molecule has 0 aliphatic carbocycles. The van der Waals surface area contributed by atoms with Crippen LogP contribution in [0.3, 0.4) is 0 Å². The molecule has 2 heterocycles. The molecule has 1 atom stereocenters. The van der Waals surface area contributed by atoms with Gasteiger partial charge in [-0.25, -0.2) is 9.78 Å². The average molecular weight is 238 g/mol. The highest BCUT2D eigenvalue weighted by molar-refractivity contribution is 5.87. The Labute approximate surface area is 100 Å². The van der Waals surface area contributed by atoms with Crippen molar-refractivity contribution in [2.75, 3.05) is 13.7 Å². The maximum absolute atomic E-state index is 11.2. The SMILES string of the molecule is COCCc1nc(C(=O)O)c2n1CCC(C)C2. The molecule has 1 aromatic rings. The van der Waals surface area contributed by atoms with Crippen LogP contribution in [-0.4, -0.2) is 34.3 Å². The molecular formula is C12H18N2O3. The minimum atomic E-state index is -0.925. The predicted molar refractivity (Wildman–Crippen MR) is 62.3 cm³/mol. The Kier molecular flexibility index (Phi) is 3.47. The van der Waals surface area contributed by atoms with Crippen LogP contribution in [0.2, 0.25) is 0 Å². The molecule has 0 fully saturated rings. The number of carbonyl (C=O) groups is 1. The quantitative estimate of drug-likeness (QED) is 0.860. The molecule has 0 saturated carbocycles. The Morgan fingerprint density at radius 2 is 2.41 bits per heavy atom. The highest BCUT2D eigenvalue weighted by Crippen LogP contribution is 2.25. The Balaban J connectivity index is 2.35. The minimum absolute atomic E-state index is 0.225. The van der Waals surface area contributed by atoms with Crippen LogP contribution in [0, 0.1) is 5.92 Å². The van der Waals surface area contributed by atoms with Crippen molar-refractivity contribution >= 4 is 5.97 Å². The van der Waals surface area contributed by atoms with Gasteiger partial charge in [-0.2, -0.15) is 0 Å². The van der Waals surface area contributed by atoms with Gasteiger partial charge in [-0.3, -0.25) is 0 Å². The van der Waals surface area contributed by atoms with E-state index in [2.05, 4.69) is 16.5 Å². The van der Waals surface area contributed by atoms with E-state index in [-0.39, 0.29) is 5.69 Å². The molecule has 0 saturated heterocycles. The third kappa shape index (κ3) is 2.34. The lowest BCUT2D eigenvalue weighted by Gasteiger charge is -2.22. The number of aromatic nitrogens is 2. The van der Waals surface area contributed by atoms with Gasteiger partial charge in [-0.1, -0.05) is 6.92 Å². The number of imidazole rings is 1. The first-order chi connectivity index (χ1) is 8.13. The number of fused-ring (bicyclic) bond motifs is 1. The van der Waals surface area contributed by atoms with E-state index in [1.54, 1.807) is 7.11 Å². The summed E-state index contributed by atoms with van der Waals surface area (Å²) in [7, 11) is 1.64. The van der Waals surface area contributed by atoms with Gasteiger partial charge in [0.15, 0.2) is 5.69 Å². The second-order valence-corrected chi connectivity index (χ2v) is 4.62. The number of nitrogens with zero attached hydrogens (tertiary/aromatic N) is 2. The lowest BCUT2D eigenvalue weighted by atomic mass is 9.97. The standard InChI is InChI=1S/C12H18N2O3/c1-8-3-5-14-9(7-8)11(12(15)16)13-10(14)4-6-17-2/h8H,3-7H2,1-2H3,(H,15,16). The molecule has 1 aliphatic rings. The maximum Gasteiger partial charge on any atom is 0.356 e. The summed E-state index contributed by atoms with van der Waals surface area (Å²) in [6.45, 7) is 3.60. The Bertz CT molecular complexity index is 426. The zero-order valence-corrected chi connectivity index (χ0v) is 10.3. The van der Waals surface area contributed by atoms with Gasteiger partial charge in [0.1, 0.15) is 5.82 Å². The summed E-state index contributed by atoms with van der Waals surface area (Å²) in [5.74, 6) is 0.449. The van der Waals surface area contributed by atoms with Gasteiger partial charge in [-0.15, -0.1) is 0 Å². The third-order valence-electron chi connectivity index (χ3n) is 3.27. The molecule has 0 spiro atoms. The number of carboxylic acid groups (broad SMARTS) is 1. The highest BCUT2D eigenvalue weighted by atomic mass is 16.5. The molecule has 2 rings (SSSR count). The summed E-state index contributed by atoms with van der Waals surface area (Å²) in [6, 6.07) is 0. The number of ether oxygens (including phenoxy) is 1. The number of hydrogen-bond acceptors (Lipinski definition) is 3. The number of hydrogen-bond donors (Lipinski definition) is 1. The molecule has 0 aromatic carbocycles. The van der Waals surface area contributed by atoms with Gasteiger partial charge in [-0.05, 0) is 18.8 Å². The van der Waals surface area contributed by atoms with Crippen LogP contribution in [0.4, 0.5) is 0 Å². The second-order valence-electron chi connectivity index (χ2n) is 4.62. The topological polar surface area (TPSA) is 64.3 Å².